The lowest BCUT2D eigenvalue weighted by atomic mass is 10.3. The molecule has 1 amide bonds. The van der Waals surface area contributed by atoms with Gasteiger partial charge in [0.1, 0.15) is 4.90 Å². The van der Waals surface area contributed by atoms with Crippen molar-refractivity contribution in [1.29, 1.82) is 0 Å². The van der Waals surface area contributed by atoms with E-state index < -0.39 is 15.0 Å². The van der Waals surface area contributed by atoms with Crippen LogP contribution < -0.4 is 11.1 Å². The molecule has 2 aromatic carbocycles. The van der Waals surface area contributed by atoms with E-state index in [-0.39, 0.29) is 17.3 Å². The molecular formula is C14H14N4O4S. The molecule has 0 saturated carbocycles. The van der Waals surface area contributed by atoms with Crippen molar-refractivity contribution in [2.45, 2.75) is 11.8 Å². The molecule has 0 spiro atoms. The van der Waals surface area contributed by atoms with Gasteiger partial charge in [-0.05, 0) is 42.5 Å². The fourth-order valence-electron chi connectivity index (χ4n) is 1.74. The zero-order valence-corrected chi connectivity index (χ0v) is 12.9. The van der Waals surface area contributed by atoms with Gasteiger partial charge in [-0.3, -0.25) is 9.35 Å². The molecule has 9 heteroatoms. The van der Waals surface area contributed by atoms with Crippen LogP contribution in [-0.2, 0) is 14.9 Å². The van der Waals surface area contributed by atoms with Crippen molar-refractivity contribution in [3.05, 3.63) is 42.5 Å². The number of nitrogens with two attached hydrogens (primary N) is 1. The van der Waals surface area contributed by atoms with Crippen LogP contribution in [0.15, 0.2) is 57.6 Å². The molecule has 0 radical (unpaired) electrons. The molecule has 8 nitrogen and oxygen atoms in total. The minimum absolute atomic E-state index is 0.0777. The monoisotopic (exact) mass is 334 g/mol. The Morgan fingerprint density at radius 3 is 2.22 bits per heavy atom. The first-order valence-electron chi connectivity index (χ1n) is 6.42. The van der Waals surface area contributed by atoms with Gasteiger partial charge in [-0.15, -0.1) is 0 Å². The molecule has 2 aromatic rings. The van der Waals surface area contributed by atoms with Gasteiger partial charge in [0.25, 0.3) is 10.1 Å². The highest BCUT2D eigenvalue weighted by Crippen LogP contribution is 2.26. The first-order valence-corrected chi connectivity index (χ1v) is 7.86. The molecule has 0 saturated heterocycles. The SMILES string of the molecule is CC(=O)Nc1ccc(N=Nc2ccc(N)c(S(=O)(=O)O)c2)cc1. The number of nitrogens with zero attached hydrogens (tertiary/aromatic N) is 2. The van der Waals surface area contributed by atoms with E-state index in [4.69, 9.17) is 10.3 Å². The van der Waals surface area contributed by atoms with Gasteiger partial charge in [0, 0.05) is 12.6 Å². The molecule has 0 heterocycles. The quantitative estimate of drug-likeness (QED) is 0.449. The molecule has 4 N–H and O–H groups in total. The number of anilines is 2. The third kappa shape index (κ3) is 4.59. The number of hydrogen-bond acceptors (Lipinski definition) is 6. The predicted molar refractivity (Wildman–Crippen MR) is 85.6 cm³/mol. The number of amides is 1. The zero-order valence-electron chi connectivity index (χ0n) is 12.1. The molecule has 0 aliphatic heterocycles. The molecule has 2 rings (SSSR count). The number of azo groups is 1. The summed E-state index contributed by atoms with van der Waals surface area (Å²) in [6.45, 7) is 1.40. The van der Waals surface area contributed by atoms with Crippen molar-refractivity contribution in [2.75, 3.05) is 11.1 Å². The van der Waals surface area contributed by atoms with Crippen LogP contribution >= 0.6 is 0 Å². The van der Waals surface area contributed by atoms with Crippen molar-refractivity contribution in [3.63, 3.8) is 0 Å². The van der Waals surface area contributed by atoms with E-state index in [0.717, 1.165) is 6.07 Å². The average Bonchev–Trinajstić information content (AvgIpc) is 2.46. The van der Waals surface area contributed by atoms with E-state index in [1.54, 1.807) is 24.3 Å². The fraction of sp³-hybridized carbons (Fsp3) is 0.0714. The van der Waals surface area contributed by atoms with Gasteiger partial charge >= 0.3 is 0 Å². The second kappa shape index (κ2) is 6.55. The van der Waals surface area contributed by atoms with E-state index in [9.17, 15) is 13.2 Å². The summed E-state index contributed by atoms with van der Waals surface area (Å²) in [4.78, 5) is 10.5. The van der Waals surface area contributed by atoms with Crippen LogP contribution in [0, 0.1) is 0 Å². The highest BCUT2D eigenvalue weighted by atomic mass is 32.2. The van der Waals surface area contributed by atoms with Crippen LogP contribution in [0.4, 0.5) is 22.7 Å². The second-order valence-electron chi connectivity index (χ2n) is 4.63. The molecule has 120 valence electrons. The Bertz CT molecular complexity index is 861. The maximum Gasteiger partial charge on any atom is 0.296 e. The maximum absolute atomic E-state index is 11.2. The highest BCUT2D eigenvalue weighted by Gasteiger charge is 2.14. The molecule has 0 unspecified atom stereocenters. The third-order valence-electron chi connectivity index (χ3n) is 2.74. The number of rotatable bonds is 4. The lowest BCUT2D eigenvalue weighted by Gasteiger charge is -2.03. The Morgan fingerprint density at radius 2 is 1.65 bits per heavy atom. The first kappa shape index (κ1) is 16.6. The molecule has 0 atom stereocenters. The molecule has 23 heavy (non-hydrogen) atoms. The normalized spacial score (nSPS) is 11.6. The number of hydrogen-bond donors (Lipinski definition) is 3. The highest BCUT2D eigenvalue weighted by molar-refractivity contribution is 7.86. The van der Waals surface area contributed by atoms with E-state index in [1.807, 2.05) is 0 Å². The largest absolute Gasteiger partial charge is 0.398 e. The van der Waals surface area contributed by atoms with Crippen LogP contribution in [0.5, 0.6) is 0 Å². The van der Waals surface area contributed by atoms with Crippen molar-refractivity contribution in [3.8, 4) is 0 Å². The van der Waals surface area contributed by atoms with E-state index >= 15 is 0 Å². The number of nitrogens with one attached hydrogen (secondary N) is 1. The molecule has 0 fully saturated rings. The summed E-state index contributed by atoms with van der Waals surface area (Å²) in [5.74, 6) is -0.181. The van der Waals surface area contributed by atoms with Gasteiger partial charge in [-0.25, -0.2) is 0 Å². The molecule has 0 aromatic heterocycles. The topological polar surface area (TPSA) is 134 Å². The lowest BCUT2D eigenvalue weighted by Crippen LogP contribution is -2.04. The van der Waals surface area contributed by atoms with Gasteiger partial charge in [0.05, 0.1) is 17.1 Å². The molecule has 0 bridgehead atoms. The molecule has 0 aliphatic carbocycles. The van der Waals surface area contributed by atoms with Gasteiger partial charge < -0.3 is 11.1 Å². The van der Waals surface area contributed by atoms with Gasteiger partial charge in [-0.2, -0.15) is 18.6 Å². The number of nitrogen functional groups attached to an aromatic ring is 1. The van der Waals surface area contributed by atoms with Crippen LogP contribution in [-0.4, -0.2) is 18.9 Å². The van der Waals surface area contributed by atoms with Gasteiger partial charge in [0.2, 0.25) is 5.91 Å². The van der Waals surface area contributed by atoms with E-state index in [0.29, 0.717) is 11.4 Å². The third-order valence-corrected chi connectivity index (χ3v) is 3.65. The minimum Gasteiger partial charge on any atom is -0.398 e. The first-order chi connectivity index (χ1) is 10.8. The van der Waals surface area contributed by atoms with Crippen molar-refractivity contribution in [2.24, 2.45) is 10.2 Å². The van der Waals surface area contributed by atoms with Crippen molar-refractivity contribution >= 4 is 38.8 Å². The molecular weight excluding hydrogens is 320 g/mol. The Labute approximate surface area is 132 Å². The summed E-state index contributed by atoms with van der Waals surface area (Å²) >= 11 is 0. The Morgan fingerprint density at radius 1 is 1.09 bits per heavy atom. The summed E-state index contributed by atoms with van der Waals surface area (Å²) < 4.78 is 31.4. The Hall–Kier alpha value is -2.78. The summed E-state index contributed by atoms with van der Waals surface area (Å²) in [5, 5.41) is 10.5. The molecule has 0 aliphatic rings. The number of benzene rings is 2. The second-order valence-corrected chi connectivity index (χ2v) is 6.02. The van der Waals surface area contributed by atoms with Gasteiger partial charge in [0.15, 0.2) is 0 Å². The van der Waals surface area contributed by atoms with Crippen LogP contribution in [0.2, 0.25) is 0 Å². The summed E-state index contributed by atoms with van der Waals surface area (Å²) in [6.07, 6.45) is 0. The smallest absolute Gasteiger partial charge is 0.296 e. The average molecular weight is 334 g/mol. The lowest BCUT2D eigenvalue weighted by molar-refractivity contribution is -0.114. The summed E-state index contributed by atoms with van der Waals surface area (Å²) in [6, 6.07) is 10.5. The summed E-state index contributed by atoms with van der Waals surface area (Å²) in [5.41, 5.74) is 6.76. The summed E-state index contributed by atoms with van der Waals surface area (Å²) in [7, 11) is -4.42. The van der Waals surface area contributed by atoms with Crippen LogP contribution in [0.1, 0.15) is 6.92 Å². The Kier molecular flexibility index (Phi) is 4.72. The van der Waals surface area contributed by atoms with Crippen LogP contribution in [0.25, 0.3) is 0 Å². The van der Waals surface area contributed by atoms with Crippen LogP contribution in [0.3, 0.4) is 0 Å². The predicted octanol–water partition coefficient (Wildman–Crippen LogP) is 2.89. The van der Waals surface area contributed by atoms with Crippen molar-refractivity contribution < 1.29 is 17.8 Å². The Balaban J connectivity index is 2.22. The number of carbonyl (C=O) groups excluding carboxylic acids is 1. The zero-order chi connectivity index (χ0) is 17.0. The van der Waals surface area contributed by atoms with E-state index in [2.05, 4.69) is 15.5 Å². The van der Waals surface area contributed by atoms with Crippen molar-refractivity contribution in [1.82, 2.24) is 0 Å². The minimum atomic E-state index is -4.42. The fourth-order valence-corrected chi connectivity index (χ4v) is 2.37. The van der Waals surface area contributed by atoms with E-state index in [1.165, 1.54) is 19.1 Å². The van der Waals surface area contributed by atoms with Gasteiger partial charge in [-0.1, -0.05) is 0 Å². The standard InChI is InChI=1S/C14H14N4O4S/c1-9(19)16-10-2-4-11(5-3-10)17-18-12-6-7-13(15)14(8-12)23(20,21)22/h2-8H,15H2,1H3,(H,16,19)(H,20,21,22). The maximum atomic E-state index is 11.2. The number of carbonyl (C=O) groups is 1.